The average molecular weight is 218 g/mol. The number of hydrazine groups is 1. The lowest BCUT2D eigenvalue weighted by molar-refractivity contribution is -0.124. The number of nitrogens with one attached hydrogen (secondary N) is 1. The molecule has 82 valence electrons. The van der Waals surface area contributed by atoms with Gasteiger partial charge in [0, 0.05) is 6.54 Å². The van der Waals surface area contributed by atoms with Gasteiger partial charge >= 0.3 is 0 Å². The Morgan fingerprint density at radius 2 is 2.38 bits per heavy atom. The molecule has 1 rings (SSSR count). The normalized spacial score (nSPS) is 11.2. The second kappa shape index (κ2) is 4.91. The summed E-state index contributed by atoms with van der Waals surface area (Å²) in [6.07, 6.45) is 1.36. The highest BCUT2D eigenvalue weighted by Gasteiger charge is 2.16. The van der Waals surface area contributed by atoms with Crippen LogP contribution in [0.3, 0.4) is 0 Å². The SMILES string of the molecule is CC(Cn1cnc(C#N)c1C#N)C(=O)NN. The fourth-order valence-corrected chi connectivity index (χ4v) is 1.24. The van der Waals surface area contributed by atoms with E-state index in [4.69, 9.17) is 16.4 Å². The van der Waals surface area contributed by atoms with Gasteiger partial charge in [0.25, 0.3) is 0 Å². The zero-order valence-corrected chi connectivity index (χ0v) is 8.64. The Hall–Kier alpha value is -2.38. The molecule has 0 aliphatic rings. The number of aromatic nitrogens is 2. The van der Waals surface area contributed by atoms with Crippen molar-refractivity contribution < 1.29 is 4.79 Å². The molecule has 0 bridgehead atoms. The van der Waals surface area contributed by atoms with Gasteiger partial charge in [-0.3, -0.25) is 10.2 Å². The van der Waals surface area contributed by atoms with Gasteiger partial charge in [0.2, 0.25) is 5.91 Å². The number of carbonyl (C=O) groups excluding carboxylic acids is 1. The molecule has 7 heteroatoms. The first kappa shape index (κ1) is 11.7. The Bertz CT molecular complexity index is 477. The van der Waals surface area contributed by atoms with Crippen LogP contribution in [-0.2, 0) is 11.3 Å². The maximum Gasteiger partial charge on any atom is 0.238 e. The topological polar surface area (TPSA) is 121 Å². The van der Waals surface area contributed by atoms with Crippen LogP contribution in [0.4, 0.5) is 0 Å². The first-order valence-corrected chi connectivity index (χ1v) is 4.49. The molecule has 3 N–H and O–H groups in total. The number of rotatable bonds is 3. The lowest BCUT2D eigenvalue weighted by atomic mass is 10.1. The third-order valence-corrected chi connectivity index (χ3v) is 2.11. The minimum atomic E-state index is -0.405. The number of hydrogen-bond donors (Lipinski definition) is 2. The number of nitrogens with two attached hydrogens (primary N) is 1. The predicted octanol–water partition coefficient (Wildman–Crippen LogP) is -0.748. The van der Waals surface area contributed by atoms with Crippen LogP contribution in [0.2, 0.25) is 0 Å². The number of nitrogens with zero attached hydrogens (tertiary/aromatic N) is 4. The minimum Gasteiger partial charge on any atom is -0.320 e. The molecule has 0 aliphatic heterocycles. The second-order valence-corrected chi connectivity index (χ2v) is 3.23. The van der Waals surface area contributed by atoms with Gasteiger partial charge in [-0.25, -0.2) is 10.8 Å². The van der Waals surface area contributed by atoms with E-state index >= 15 is 0 Å². The van der Waals surface area contributed by atoms with Crippen molar-refractivity contribution in [2.75, 3.05) is 0 Å². The van der Waals surface area contributed by atoms with E-state index in [9.17, 15) is 4.79 Å². The van der Waals surface area contributed by atoms with E-state index in [0.29, 0.717) is 0 Å². The zero-order valence-electron chi connectivity index (χ0n) is 8.64. The summed E-state index contributed by atoms with van der Waals surface area (Å²) < 4.78 is 1.46. The molecule has 0 saturated heterocycles. The minimum absolute atomic E-state index is 0.0582. The van der Waals surface area contributed by atoms with E-state index in [1.54, 1.807) is 13.0 Å². The molecule has 1 unspecified atom stereocenters. The Labute approximate surface area is 92.1 Å². The van der Waals surface area contributed by atoms with Crippen molar-refractivity contribution in [2.45, 2.75) is 13.5 Å². The number of imidazole rings is 1. The van der Waals surface area contributed by atoms with E-state index in [1.807, 2.05) is 11.5 Å². The highest BCUT2D eigenvalue weighted by atomic mass is 16.2. The van der Waals surface area contributed by atoms with Gasteiger partial charge in [-0.1, -0.05) is 6.92 Å². The number of carbonyl (C=O) groups is 1. The van der Waals surface area contributed by atoms with Gasteiger partial charge in [0.1, 0.15) is 12.1 Å². The fourth-order valence-electron chi connectivity index (χ4n) is 1.24. The summed E-state index contributed by atoms with van der Waals surface area (Å²) in [4.78, 5) is 14.9. The molecule has 1 atom stereocenters. The molecule has 1 amide bonds. The Morgan fingerprint density at radius 1 is 1.69 bits per heavy atom. The smallest absolute Gasteiger partial charge is 0.238 e. The Morgan fingerprint density at radius 3 is 2.88 bits per heavy atom. The maximum atomic E-state index is 11.2. The third-order valence-electron chi connectivity index (χ3n) is 2.11. The van der Waals surface area contributed by atoms with Crippen molar-refractivity contribution in [2.24, 2.45) is 11.8 Å². The van der Waals surface area contributed by atoms with Crippen LogP contribution in [0.25, 0.3) is 0 Å². The van der Waals surface area contributed by atoms with Crippen LogP contribution in [-0.4, -0.2) is 15.5 Å². The molecule has 7 nitrogen and oxygen atoms in total. The highest BCUT2D eigenvalue weighted by molar-refractivity contribution is 5.77. The van der Waals surface area contributed by atoms with Crippen molar-refractivity contribution in [3.8, 4) is 12.1 Å². The van der Waals surface area contributed by atoms with Gasteiger partial charge in [0.05, 0.1) is 12.2 Å². The van der Waals surface area contributed by atoms with Gasteiger partial charge in [-0.2, -0.15) is 10.5 Å². The summed E-state index contributed by atoms with van der Waals surface area (Å²) in [5.74, 6) is 4.25. The zero-order chi connectivity index (χ0) is 12.1. The standard InChI is InChI=1S/C9H10N6O/c1-6(9(16)14-12)4-15-5-13-7(2-10)8(15)3-11/h5-6H,4,12H2,1H3,(H,14,16). The van der Waals surface area contributed by atoms with Crippen LogP contribution in [0, 0.1) is 28.6 Å². The van der Waals surface area contributed by atoms with Crippen LogP contribution < -0.4 is 11.3 Å². The van der Waals surface area contributed by atoms with Gasteiger partial charge in [0.15, 0.2) is 11.4 Å². The first-order valence-electron chi connectivity index (χ1n) is 4.49. The summed E-state index contributed by atoms with van der Waals surface area (Å²) in [5.41, 5.74) is 2.23. The van der Waals surface area contributed by atoms with Crippen molar-refractivity contribution in [3.05, 3.63) is 17.7 Å². The highest BCUT2D eigenvalue weighted by Crippen LogP contribution is 2.08. The molecular formula is C9H10N6O. The Kier molecular flexibility index (Phi) is 3.59. The van der Waals surface area contributed by atoms with Crippen LogP contribution in [0.15, 0.2) is 6.33 Å². The summed E-state index contributed by atoms with van der Waals surface area (Å²) in [6.45, 7) is 1.91. The first-order chi connectivity index (χ1) is 7.63. The summed E-state index contributed by atoms with van der Waals surface area (Å²) in [5, 5.41) is 17.5. The van der Waals surface area contributed by atoms with Crippen LogP contribution >= 0.6 is 0 Å². The van der Waals surface area contributed by atoms with Crippen molar-refractivity contribution in [1.29, 1.82) is 10.5 Å². The molecule has 1 aromatic heterocycles. The molecule has 0 spiro atoms. The molecule has 0 aliphatic carbocycles. The van der Waals surface area contributed by atoms with E-state index in [2.05, 4.69) is 4.98 Å². The number of hydrogen-bond acceptors (Lipinski definition) is 5. The lowest BCUT2D eigenvalue weighted by Gasteiger charge is -2.10. The fraction of sp³-hybridized carbons (Fsp3) is 0.333. The predicted molar refractivity (Wildman–Crippen MR) is 53.2 cm³/mol. The molecule has 16 heavy (non-hydrogen) atoms. The largest absolute Gasteiger partial charge is 0.320 e. The molecule has 0 fully saturated rings. The van der Waals surface area contributed by atoms with Gasteiger partial charge in [-0.05, 0) is 0 Å². The van der Waals surface area contributed by atoms with E-state index in [1.165, 1.54) is 10.9 Å². The summed E-state index contributed by atoms with van der Waals surface area (Å²) >= 11 is 0. The molecule has 1 heterocycles. The van der Waals surface area contributed by atoms with Crippen molar-refractivity contribution in [3.63, 3.8) is 0 Å². The third kappa shape index (κ3) is 2.16. The maximum absolute atomic E-state index is 11.2. The van der Waals surface area contributed by atoms with Crippen LogP contribution in [0.5, 0.6) is 0 Å². The number of amides is 1. The molecule has 1 aromatic rings. The number of nitriles is 2. The van der Waals surface area contributed by atoms with Crippen molar-refractivity contribution >= 4 is 5.91 Å². The van der Waals surface area contributed by atoms with E-state index in [-0.39, 0.29) is 23.8 Å². The summed E-state index contributed by atoms with van der Waals surface area (Å²) in [7, 11) is 0. The molecule has 0 radical (unpaired) electrons. The summed E-state index contributed by atoms with van der Waals surface area (Å²) in [6, 6.07) is 3.68. The molecule has 0 saturated carbocycles. The average Bonchev–Trinajstić information content (AvgIpc) is 2.69. The lowest BCUT2D eigenvalue weighted by Crippen LogP contribution is -2.36. The quantitative estimate of drug-likeness (QED) is 0.393. The Balaban J connectivity index is 2.91. The van der Waals surface area contributed by atoms with Gasteiger partial charge in [-0.15, -0.1) is 0 Å². The van der Waals surface area contributed by atoms with Crippen LogP contribution in [0.1, 0.15) is 18.3 Å². The molecule has 0 aromatic carbocycles. The molecular weight excluding hydrogens is 208 g/mol. The van der Waals surface area contributed by atoms with E-state index in [0.717, 1.165) is 0 Å². The van der Waals surface area contributed by atoms with Gasteiger partial charge < -0.3 is 4.57 Å². The monoisotopic (exact) mass is 218 g/mol. The second-order valence-electron chi connectivity index (χ2n) is 3.23. The van der Waals surface area contributed by atoms with Crippen molar-refractivity contribution in [1.82, 2.24) is 15.0 Å². The van der Waals surface area contributed by atoms with E-state index < -0.39 is 5.92 Å².